The smallest absolute Gasteiger partial charge is 0.475 e. The summed E-state index contributed by atoms with van der Waals surface area (Å²) in [5.41, 5.74) is 2.45. The molecule has 0 aliphatic carbocycles. The molecule has 1 N–H and O–H groups in total. The first-order valence-corrected chi connectivity index (χ1v) is 10.7. The van der Waals surface area contributed by atoms with Crippen molar-refractivity contribution in [2.75, 3.05) is 24.5 Å². The Balaban J connectivity index is 0.000000383. The van der Waals surface area contributed by atoms with E-state index in [0.717, 1.165) is 39.0 Å². The fraction of sp³-hybridized carbons (Fsp3) is 0.478. The number of hydrogen-bond donors (Lipinski definition) is 1. The monoisotopic (exact) mass is 464 g/mol. The summed E-state index contributed by atoms with van der Waals surface area (Å²) in [5.74, 6) is -1.48. The van der Waals surface area contributed by atoms with Crippen LogP contribution in [-0.4, -0.2) is 57.7 Å². The van der Waals surface area contributed by atoms with E-state index in [1.165, 1.54) is 11.1 Å². The average Bonchev–Trinajstić information content (AvgIpc) is 2.78. The number of β-lactam (4-membered cyclic amide) rings is 1. The number of rotatable bonds is 4. The van der Waals surface area contributed by atoms with Crippen LogP contribution in [0.5, 0.6) is 0 Å². The SMILES string of the molecule is CC(C)c1ccc(CN2CCCC3(C2)CN(c2ncccn2)C3=O)cc1.O=C(O)C(F)(F)F. The molecule has 3 heterocycles. The fourth-order valence-corrected chi connectivity index (χ4v) is 4.16. The van der Waals surface area contributed by atoms with Gasteiger partial charge in [0, 0.05) is 32.0 Å². The standard InChI is InChI=1S/C21H26N4O.C2HF3O2/c1-16(2)18-7-5-17(6-8-18)13-24-12-3-9-21(14-24)15-25(19(21)26)20-22-10-4-11-23-20;3-2(4,5)1(6)7/h4-8,10-11,16H,3,9,12-15H2,1-2H3;(H,6,7). The van der Waals surface area contributed by atoms with Crippen molar-refractivity contribution in [2.45, 2.75) is 45.3 Å². The van der Waals surface area contributed by atoms with Gasteiger partial charge in [-0.1, -0.05) is 38.1 Å². The predicted molar refractivity (Wildman–Crippen MR) is 116 cm³/mol. The molecule has 1 aromatic heterocycles. The minimum atomic E-state index is -5.08. The number of carbonyl (C=O) groups is 2. The van der Waals surface area contributed by atoms with Gasteiger partial charge >= 0.3 is 12.1 Å². The van der Waals surface area contributed by atoms with Gasteiger partial charge in [-0.25, -0.2) is 14.8 Å². The van der Waals surface area contributed by atoms with Crippen LogP contribution in [0.25, 0.3) is 0 Å². The van der Waals surface area contributed by atoms with Crippen LogP contribution in [0.4, 0.5) is 19.1 Å². The molecule has 33 heavy (non-hydrogen) atoms. The molecule has 4 rings (SSSR count). The van der Waals surface area contributed by atoms with E-state index >= 15 is 0 Å². The molecule has 2 fully saturated rings. The molecule has 2 aliphatic rings. The number of carbonyl (C=O) groups excluding carboxylic acids is 1. The minimum absolute atomic E-state index is 0.184. The van der Waals surface area contributed by atoms with Gasteiger partial charge in [-0.05, 0) is 42.5 Å². The molecule has 1 spiro atoms. The number of halogens is 3. The van der Waals surface area contributed by atoms with E-state index in [4.69, 9.17) is 9.90 Å². The molecule has 1 aromatic carbocycles. The number of aromatic nitrogens is 2. The maximum Gasteiger partial charge on any atom is 0.490 e. The molecule has 0 bridgehead atoms. The maximum atomic E-state index is 12.9. The molecule has 2 aromatic rings. The third-order valence-electron chi connectivity index (χ3n) is 5.90. The normalized spacial score (nSPS) is 20.9. The van der Waals surface area contributed by atoms with Gasteiger partial charge in [0.2, 0.25) is 11.9 Å². The quantitative estimate of drug-likeness (QED) is 0.692. The van der Waals surface area contributed by atoms with Crippen molar-refractivity contribution in [1.82, 2.24) is 14.9 Å². The molecule has 2 aliphatic heterocycles. The summed E-state index contributed by atoms with van der Waals surface area (Å²) < 4.78 is 31.7. The summed E-state index contributed by atoms with van der Waals surface area (Å²) in [6.45, 7) is 7.97. The summed E-state index contributed by atoms with van der Waals surface area (Å²) >= 11 is 0. The van der Waals surface area contributed by atoms with Crippen LogP contribution in [0, 0.1) is 5.41 Å². The van der Waals surface area contributed by atoms with Crippen LogP contribution in [-0.2, 0) is 16.1 Å². The number of carboxylic acid groups (broad SMARTS) is 1. The van der Waals surface area contributed by atoms with Gasteiger partial charge in [-0.2, -0.15) is 13.2 Å². The summed E-state index contributed by atoms with van der Waals surface area (Å²) in [4.78, 5) is 34.4. The predicted octanol–water partition coefficient (Wildman–Crippen LogP) is 3.86. The first-order chi connectivity index (χ1) is 15.5. The van der Waals surface area contributed by atoms with E-state index in [1.54, 1.807) is 23.4 Å². The third-order valence-corrected chi connectivity index (χ3v) is 5.90. The zero-order valence-corrected chi connectivity index (χ0v) is 18.5. The van der Waals surface area contributed by atoms with Gasteiger partial charge in [-0.3, -0.25) is 14.6 Å². The van der Waals surface area contributed by atoms with Crippen LogP contribution >= 0.6 is 0 Å². The van der Waals surface area contributed by atoms with Crippen molar-refractivity contribution in [3.63, 3.8) is 0 Å². The highest BCUT2D eigenvalue weighted by Gasteiger charge is 2.55. The van der Waals surface area contributed by atoms with Gasteiger partial charge in [0.15, 0.2) is 0 Å². The summed E-state index contributed by atoms with van der Waals surface area (Å²) in [6, 6.07) is 10.7. The van der Waals surface area contributed by atoms with Crippen LogP contribution in [0.1, 0.15) is 43.7 Å². The number of nitrogens with zero attached hydrogens (tertiary/aromatic N) is 4. The molecular formula is C23H27F3N4O3. The van der Waals surface area contributed by atoms with Crippen molar-refractivity contribution in [3.05, 3.63) is 53.9 Å². The molecule has 0 radical (unpaired) electrons. The first kappa shape index (κ1) is 24.6. The van der Waals surface area contributed by atoms with Crippen molar-refractivity contribution in [3.8, 4) is 0 Å². The summed E-state index contributed by atoms with van der Waals surface area (Å²) in [6.07, 6.45) is 0.334. The van der Waals surface area contributed by atoms with Crippen LogP contribution in [0.3, 0.4) is 0 Å². The molecule has 0 saturated carbocycles. The van der Waals surface area contributed by atoms with E-state index in [2.05, 4.69) is 53.0 Å². The number of alkyl halides is 3. The summed E-state index contributed by atoms with van der Waals surface area (Å²) in [5, 5.41) is 7.12. The second-order valence-electron chi connectivity index (χ2n) is 8.73. The zero-order valence-electron chi connectivity index (χ0n) is 18.5. The van der Waals surface area contributed by atoms with E-state index in [0.29, 0.717) is 11.9 Å². The Labute approximate surface area is 190 Å². The summed E-state index contributed by atoms with van der Waals surface area (Å²) in [7, 11) is 0. The average molecular weight is 464 g/mol. The Morgan fingerprint density at radius 2 is 1.76 bits per heavy atom. The lowest BCUT2D eigenvalue weighted by molar-refractivity contribution is -0.192. The highest BCUT2D eigenvalue weighted by molar-refractivity contribution is 6.03. The topological polar surface area (TPSA) is 86.6 Å². The molecule has 10 heteroatoms. The lowest BCUT2D eigenvalue weighted by atomic mass is 9.72. The van der Waals surface area contributed by atoms with Crippen LogP contribution < -0.4 is 4.90 Å². The zero-order chi connectivity index (χ0) is 24.2. The second kappa shape index (κ2) is 9.86. The number of carboxylic acids is 1. The number of anilines is 1. The number of likely N-dealkylation sites (tertiary alicyclic amines) is 1. The maximum absolute atomic E-state index is 12.9. The van der Waals surface area contributed by atoms with Gasteiger partial charge in [0.1, 0.15) is 0 Å². The molecular weight excluding hydrogens is 437 g/mol. The van der Waals surface area contributed by atoms with Gasteiger partial charge < -0.3 is 5.11 Å². The number of hydrogen-bond acceptors (Lipinski definition) is 5. The van der Waals surface area contributed by atoms with Gasteiger partial charge in [0.25, 0.3) is 0 Å². The van der Waals surface area contributed by atoms with Gasteiger partial charge in [0.05, 0.1) is 5.41 Å². The van der Waals surface area contributed by atoms with Crippen molar-refractivity contribution in [1.29, 1.82) is 0 Å². The van der Waals surface area contributed by atoms with Crippen molar-refractivity contribution >= 4 is 17.8 Å². The number of aliphatic carboxylic acids is 1. The van der Waals surface area contributed by atoms with Crippen molar-refractivity contribution < 1.29 is 27.9 Å². The Kier molecular flexibility index (Phi) is 7.36. The third kappa shape index (κ3) is 5.87. The largest absolute Gasteiger partial charge is 0.490 e. The Morgan fingerprint density at radius 1 is 1.15 bits per heavy atom. The highest BCUT2D eigenvalue weighted by atomic mass is 19.4. The molecule has 2 saturated heterocycles. The number of piperidine rings is 1. The molecule has 1 atom stereocenters. The fourth-order valence-electron chi connectivity index (χ4n) is 4.16. The minimum Gasteiger partial charge on any atom is -0.475 e. The highest BCUT2D eigenvalue weighted by Crippen LogP contribution is 2.41. The second-order valence-corrected chi connectivity index (χ2v) is 8.73. The number of amides is 1. The Morgan fingerprint density at radius 3 is 2.27 bits per heavy atom. The lowest BCUT2D eigenvalue weighted by Gasteiger charge is -2.52. The van der Waals surface area contributed by atoms with E-state index in [-0.39, 0.29) is 11.3 Å². The molecule has 1 amide bonds. The first-order valence-electron chi connectivity index (χ1n) is 10.7. The molecule has 7 nitrogen and oxygen atoms in total. The molecule has 178 valence electrons. The number of benzene rings is 1. The van der Waals surface area contributed by atoms with E-state index in [9.17, 15) is 18.0 Å². The Hall–Kier alpha value is -3.01. The van der Waals surface area contributed by atoms with Crippen molar-refractivity contribution in [2.24, 2.45) is 5.41 Å². The van der Waals surface area contributed by atoms with Gasteiger partial charge in [-0.15, -0.1) is 0 Å². The lowest BCUT2D eigenvalue weighted by Crippen LogP contribution is -2.67. The van der Waals surface area contributed by atoms with Crippen LogP contribution in [0.15, 0.2) is 42.7 Å². The van der Waals surface area contributed by atoms with E-state index < -0.39 is 12.1 Å². The molecule has 1 unspecified atom stereocenters. The van der Waals surface area contributed by atoms with Crippen LogP contribution in [0.2, 0.25) is 0 Å². The Bertz CT molecular complexity index is 967. The van der Waals surface area contributed by atoms with E-state index in [1.807, 2.05) is 0 Å².